The molecule has 0 unspecified atom stereocenters. The topological polar surface area (TPSA) is 150 Å². The number of aromatic nitrogens is 4. The minimum atomic E-state index is -0.704. The summed E-state index contributed by atoms with van der Waals surface area (Å²) in [4.78, 5) is 36.5. The lowest BCUT2D eigenvalue weighted by Gasteiger charge is -2.37. The summed E-state index contributed by atoms with van der Waals surface area (Å²) in [5.41, 5.74) is 6.75. The number of halogens is 1. The standard InChI is InChI=1S/C23H21FN10O2/c24-18-13-27-22(30-21(18)33-14-17(12-29-33)20(26)35)31-6-8-32(9-7-31)23(36)34-19(4-5-28-34)16-3-1-2-15(10-16)11-25/h1-3,5,10,12-14,19H,4,6-9H2,(H2,26,35)/t19-/m0/s1. The van der Waals surface area contributed by atoms with Crippen molar-refractivity contribution < 1.29 is 14.0 Å². The SMILES string of the molecule is N#Cc1cccc([C@@H]2CC=NN2C(=O)N2CCN(c3ncc(F)c(-n4cc(C(N)=O)cn4)n3)CC2)c1. The second kappa shape index (κ2) is 9.41. The molecule has 13 heteroatoms. The molecule has 0 saturated carbocycles. The summed E-state index contributed by atoms with van der Waals surface area (Å²) in [5.74, 6) is -1.22. The van der Waals surface area contributed by atoms with E-state index in [-0.39, 0.29) is 29.4 Å². The number of urea groups is 1. The highest BCUT2D eigenvalue weighted by molar-refractivity contribution is 5.92. The third-order valence-electron chi connectivity index (χ3n) is 6.06. The van der Waals surface area contributed by atoms with Crippen LogP contribution in [-0.4, -0.2) is 74.0 Å². The summed E-state index contributed by atoms with van der Waals surface area (Å²) in [7, 11) is 0. The van der Waals surface area contributed by atoms with E-state index >= 15 is 0 Å². The van der Waals surface area contributed by atoms with Crippen LogP contribution in [0.2, 0.25) is 0 Å². The van der Waals surface area contributed by atoms with E-state index in [2.05, 4.69) is 26.2 Å². The first-order valence-electron chi connectivity index (χ1n) is 11.2. The van der Waals surface area contributed by atoms with Crippen molar-refractivity contribution in [3.63, 3.8) is 0 Å². The van der Waals surface area contributed by atoms with Crippen molar-refractivity contribution in [2.75, 3.05) is 31.1 Å². The normalized spacial score (nSPS) is 17.3. The first kappa shape index (κ1) is 22.9. The molecule has 0 radical (unpaired) electrons. The minimum Gasteiger partial charge on any atom is -0.366 e. The number of benzene rings is 1. The van der Waals surface area contributed by atoms with Gasteiger partial charge in [0, 0.05) is 45.0 Å². The molecule has 3 aromatic rings. The number of piperazine rings is 1. The fourth-order valence-corrected chi connectivity index (χ4v) is 4.16. The lowest BCUT2D eigenvalue weighted by atomic mass is 10.0. The molecule has 36 heavy (non-hydrogen) atoms. The zero-order valence-corrected chi connectivity index (χ0v) is 19.0. The molecule has 1 atom stereocenters. The Hall–Kier alpha value is -4.86. The van der Waals surface area contributed by atoms with Crippen molar-refractivity contribution in [1.82, 2.24) is 29.7 Å². The van der Waals surface area contributed by atoms with Gasteiger partial charge in [0.25, 0.3) is 5.91 Å². The van der Waals surface area contributed by atoms with Gasteiger partial charge in [0.05, 0.1) is 35.6 Å². The number of anilines is 1. The maximum Gasteiger partial charge on any atom is 0.341 e. The largest absolute Gasteiger partial charge is 0.366 e. The maximum absolute atomic E-state index is 14.4. The molecule has 1 fully saturated rings. The molecule has 2 N–H and O–H groups in total. The first-order chi connectivity index (χ1) is 17.4. The Labute approximate surface area is 205 Å². The van der Waals surface area contributed by atoms with E-state index < -0.39 is 11.7 Å². The number of rotatable bonds is 4. The zero-order chi connectivity index (χ0) is 25.2. The van der Waals surface area contributed by atoms with Crippen LogP contribution in [-0.2, 0) is 0 Å². The first-order valence-corrected chi connectivity index (χ1v) is 11.2. The van der Waals surface area contributed by atoms with Crippen LogP contribution in [0.15, 0.2) is 48.0 Å². The number of nitriles is 1. The Morgan fingerprint density at radius 3 is 2.69 bits per heavy atom. The van der Waals surface area contributed by atoms with Crippen LogP contribution in [0.4, 0.5) is 15.1 Å². The summed E-state index contributed by atoms with van der Waals surface area (Å²) < 4.78 is 15.5. The monoisotopic (exact) mass is 488 g/mol. The third kappa shape index (κ3) is 4.31. The van der Waals surface area contributed by atoms with E-state index in [9.17, 15) is 19.2 Å². The molecule has 182 valence electrons. The highest BCUT2D eigenvalue weighted by atomic mass is 19.1. The summed E-state index contributed by atoms with van der Waals surface area (Å²) in [6.07, 6.45) is 5.84. The summed E-state index contributed by atoms with van der Waals surface area (Å²) >= 11 is 0. The van der Waals surface area contributed by atoms with Crippen molar-refractivity contribution >= 4 is 24.1 Å². The van der Waals surface area contributed by atoms with Crippen LogP contribution in [0, 0.1) is 17.1 Å². The van der Waals surface area contributed by atoms with Gasteiger partial charge in [-0.05, 0) is 17.7 Å². The molecular weight excluding hydrogens is 467 g/mol. The van der Waals surface area contributed by atoms with Gasteiger partial charge in [0.15, 0.2) is 11.6 Å². The lowest BCUT2D eigenvalue weighted by Crippen LogP contribution is -2.52. The number of hydrogen-bond acceptors (Lipinski definition) is 8. The van der Waals surface area contributed by atoms with E-state index in [4.69, 9.17) is 5.73 Å². The molecular formula is C23H21FN10O2. The average molecular weight is 488 g/mol. The van der Waals surface area contributed by atoms with Gasteiger partial charge in [-0.15, -0.1) is 0 Å². The van der Waals surface area contributed by atoms with Gasteiger partial charge >= 0.3 is 6.03 Å². The molecule has 4 heterocycles. The summed E-state index contributed by atoms with van der Waals surface area (Å²) in [6, 6.07) is 8.79. The third-order valence-corrected chi connectivity index (χ3v) is 6.06. The molecule has 1 aromatic carbocycles. The Morgan fingerprint density at radius 1 is 1.17 bits per heavy atom. The number of primary amides is 1. The van der Waals surface area contributed by atoms with E-state index in [1.54, 1.807) is 29.3 Å². The second-order valence-electron chi connectivity index (χ2n) is 8.27. The van der Waals surface area contributed by atoms with Gasteiger partial charge in [0.2, 0.25) is 5.95 Å². The van der Waals surface area contributed by atoms with Crippen LogP contribution in [0.3, 0.4) is 0 Å². The molecule has 0 spiro atoms. The van der Waals surface area contributed by atoms with Crippen LogP contribution >= 0.6 is 0 Å². The number of carbonyl (C=O) groups is 2. The molecule has 2 aliphatic rings. The number of carbonyl (C=O) groups excluding carboxylic acids is 2. The number of nitrogens with two attached hydrogens (primary N) is 1. The van der Waals surface area contributed by atoms with Gasteiger partial charge in [-0.25, -0.2) is 23.9 Å². The molecule has 3 amide bonds. The number of hydrazone groups is 1. The van der Waals surface area contributed by atoms with Crippen molar-refractivity contribution in [2.45, 2.75) is 12.5 Å². The summed E-state index contributed by atoms with van der Waals surface area (Å²) in [6.45, 7) is 1.63. The smallest absolute Gasteiger partial charge is 0.341 e. The molecule has 5 rings (SSSR count). The molecule has 2 aliphatic heterocycles. The number of hydrogen-bond donors (Lipinski definition) is 1. The fourth-order valence-electron chi connectivity index (χ4n) is 4.16. The Kier molecular flexibility index (Phi) is 5.99. The van der Waals surface area contributed by atoms with Gasteiger partial charge in [0.1, 0.15) is 0 Å². The maximum atomic E-state index is 14.4. The van der Waals surface area contributed by atoms with Gasteiger partial charge in [-0.2, -0.15) is 20.4 Å². The number of nitrogens with zero attached hydrogens (tertiary/aromatic N) is 9. The van der Waals surface area contributed by atoms with E-state index in [0.717, 1.165) is 16.4 Å². The van der Waals surface area contributed by atoms with Gasteiger partial charge in [-0.3, -0.25) is 4.79 Å². The lowest BCUT2D eigenvalue weighted by molar-refractivity contribution is 0.1000. The Morgan fingerprint density at radius 2 is 1.97 bits per heavy atom. The van der Waals surface area contributed by atoms with E-state index in [1.807, 2.05) is 11.0 Å². The van der Waals surface area contributed by atoms with Crippen molar-refractivity contribution in [3.05, 3.63) is 65.4 Å². The van der Waals surface area contributed by atoms with Crippen molar-refractivity contribution in [2.24, 2.45) is 10.8 Å². The van der Waals surface area contributed by atoms with Crippen molar-refractivity contribution in [1.29, 1.82) is 5.26 Å². The highest BCUT2D eigenvalue weighted by Crippen LogP contribution is 2.30. The molecule has 0 aliphatic carbocycles. The van der Waals surface area contributed by atoms with Crippen molar-refractivity contribution in [3.8, 4) is 11.9 Å². The van der Waals surface area contributed by atoms with Gasteiger partial charge in [-0.1, -0.05) is 12.1 Å². The zero-order valence-electron chi connectivity index (χ0n) is 19.0. The fraction of sp³-hybridized carbons (Fsp3) is 0.261. The van der Waals surface area contributed by atoms with E-state index in [0.29, 0.717) is 38.2 Å². The average Bonchev–Trinajstić information content (AvgIpc) is 3.59. The summed E-state index contributed by atoms with van der Waals surface area (Å²) in [5, 5.41) is 18.9. The molecule has 12 nitrogen and oxygen atoms in total. The molecule has 0 bridgehead atoms. The minimum absolute atomic E-state index is 0.111. The predicted octanol–water partition coefficient (Wildman–Crippen LogP) is 1.45. The second-order valence-corrected chi connectivity index (χ2v) is 8.27. The molecule has 2 aromatic heterocycles. The van der Waals surface area contributed by atoms with Crippen LogP contribution in [0.5, 0.6) is 0 Å². The van der Waals surface area contributed by atoms with Crippen LogP contribution < -0.4 is 10.6 Å². The Balaban J connectivity index is 1.27. The van der Waals surface area contributed by atoms with E-state index in [1.165, 1.54) is 17.4 Å². The number of amides is 3. The van der Waals surface area contributed by atoms with Crippen LogP contribution in [0.1, 0.15) is 33.9 Å². The predicted molar refractivity (Wildman–Crippen MR) is 126 cm³/mol. The molecule has 1 saturated heterocycles. The highest BCUT2D eigenvalue weighted by Gasteiger charge is 2.33. The quantitative estimate of drug-likeness (QED) is 0.584. The Bertz CT molecular complexity index is 1390. The van der Waals surface area contributed by atoms with Gasteiger partial charge < -0.3 is 15.5 Å². The van der Waals surface area contributed by atoms with Crippen LogP contribution in [0.25, 0.3) is 5.82 Å².